The molecule has 8 heteroatoms. The third-order valence-corrected chi connectivity index (χ3v) is 3.55. The molecule has 0 atom stereocenters. The van der Waals surface area contributed by atoms with E-state index in [1.807, 2.05) is 0 Å². The van der Waals surface area contributed by atoms with Gasteiger partial charge < -0.3 is 10.1 Å². The van der Waals surface area contributed by atoms with Crippen LogP contribution in [-0.4, -0.2) is 23.5 Å². The van der Waals surface area contributed by atoms with Crippen molar-refractivity contribution < 1.29 is 18.7 Å². The van der Waals surface area contributed by atoms with Gasteiger partial charge in [-0.1, -0.05) is 23.2 Å². The van der Waals surface area contributed by atoms with Crippen LogP contribution in [0.25, 0.3) is 0 Å². The Morgan fingerprint density at radius 3 is 2.58 bits per heavy atom. The summed E-state index contributed by atoms with van der Waals surface area (Å²) in [5.74, 6) is -2.17. The van der Waals surface area contributed by atoms with Crippen molar-refractivity contribution in [1.82, 2.24) is 4.98 Å². The number of amides is 1. The number of carbonyl (C=O) groups is 2. The highest BCUT2D eigenvalue weighted by molar-refractivity contribution is 6.32. The predicted molar refractivity (Wildman–Crippen MR) is 89.0 cm³/mol. The minimum Gasteiger partial charge on any atom is -0.452 e. The van der Waals surface area contributed by atoms with Crippen LogP contribution in [-0.2, 0) is 9.53 Å². The molecular weight excluding hydrogens is 358 g/mol. The van der Waals surface area contributed by atoms with Crippen LogP contribution < -0.4 is 5.32 Å². The highest BCUT2D eigenvalue weighted by atomic mass is 35.5. The van der Waals surface area contributed by atoms with Crippen molar-refractivity contribution in [3.8, 4) is 0 Å². The van der Waals surface area contributed by atoms with Crippen molar-refractivity contribution in [3.05, 3.63) is 57.1 Å². The van der Waals surface area contributed by atoms with Gasteiger partial charge in [0.25, 0.3) is 5.91 Å². The maximum Gasteiger partial charge on any atom is 0.342 e. The van der Waals surface area contributed by atoms with Crippen LogP contribution >= 0.6 is 23.2 Å². The SMILES string of the molecule is Cc1cc(C)c(C(=O)OCC(=O)Nc2ccc(Cl)cc2F)c(Cl)n1. The normalized spacial score (nSPS) is 10.4. The number of benzene rings is 1. The number of anilines is 1. The first-order valence-electron chi connectivity index (χ1n) is 6.83. The van der Waals surface area contributed by atoms with Gasteiger partial charge in [-0.25, -0.2) is 14.2 Å². The first-order chi connectivity index (χ1) is 11.3. The van der Waals surface area contributed by atoms with Crippen LogP contribution in [0.5, 0.6) is 0 Å². The third kappa shape index (κ3) is 4.43. The topological polar surface area (TPSA) is 68.3 Å². The van der Waals surface area contributed by atoms with Crippen LogP contribution in [0, 0.1) is 19.7 Å². The number of hydrogen-bond donors (Lipinski definition) is 1. The predicted octanol–water partition coefficient (Wildman–Crippen LogP) is 3.94. The Kier molecular flexibility index (Phi) is 5.75. The Bertz CT molecular complexity index is 789. The lowest BCUT2D eigenvalue weighted by Gasteiger charge is -2.10. The molecule has 0 spiro atoms. The van der Waals surface area contributed by atoms with E-state index in [1.165, 1.54) is 12.1 Å². The number of aromatic nitrogens is 1. The van der Waals surface area contributed by atoms with E-state index >= 15 is 0 Å². The van der Waals surface area contributed by atoms with Crippen LogP contribution in [0.2, 0.25) is 10.2 Å². The second kappa shape index (κ2) is 7.59. The number of rotatable bonds is 4. The second-order valence-corrected chi connectivity index (χ2v) is 5.79. The molecule has 0 fully saturated rings. The largest absolute Gasteiger partial charge is 0.452 e. The van der Waals surface area contributed by atoms with Crippen LogP contribution in [0.15, 0.2) is 24.3 Å². The van der Waals surface area contributed by atoms with Crippen LogP contribution in [0.4, 0.5) is 10.1 Å². The van der Waals surface area contributed by atoms with Gasteiger partial charge in [0.1, 0.15) is 11.0 Å². The standard InChI is InChI=1S/C16H13Cl2FN2O3/c1-8-5-9(2)20-15(18)14(8)16(23)24-7-13(22)21-12-4-3-10(17)6-11(12)19/h3-6H,7H2,1-2H3,(H,21,22). The van der Waals surface area contributed by atoms with Gasteiger partial charge in [0.15, 0.2) is 6.61 Å². The average molecular weight is 371 g/mol. The van der Waals surface area contributed by atoms with Gasteiger partial charge in [-0.05, 0) is 43.7 Å². The number of nitrogens with one attached hydrogen (secondary N) is 1. The Hall–Kier alpha value is -2.18. The molecule has 2 aromatic rings. The highest BCUT2D eigenvalue weighted by Crippen LogP contribution is 2.20. The summed E-state index contributed by atoms with van der Waals surface area (Å²) in [6, 6.07) is 5.46. The van der Waals surface area contributed by atoms with Gasteiger partial charge in [0.2, 0.25) is 0 Å². The number of hydrogen-bond acceptors (Lipinski definition) is 4. The summed E-state index contributed by atoms with van der Waals surface area (Å²) in [4.78, 5) is 27.8. The van der Waals surface area contributed by atoms with E-state index < -0.39 is 24.3 Å². The maximum atomic E-state index is 13.6. The summed E-state index contributed by atoms with van der Waals surface area (Å²) in [6.45, 7) is 2.83. The summed E-state index contributed by atoms with van der Waals surface area (Å²) in [6.07, 6.45) is 0. The third-order valence-electron chi connectivity index (χ3n) is 3.04. The van der Waals surface area contributed by atoms with Gasteiger partial charge in [-0.15, -0.1) is 0 Å². The molecule has 126 valence electrons. The minimum atomic E-state index is -0.781. The van der Waals surface area contributed by atoms with Gasteiger partial charge in [-0.3, -0.25) is 4.79 Å². The lowest BCUT2D eigenvalue weighted by molar-refractivity contribution is -0.119. The summed E-state index contributed by atoms with van der Waals surface area (Å²) in [5.41, 5.74) is 1.27. The number of pyridine rings is 1. The van der Waals surface area contributed by atoms with E-state index in [2.05, 4.69) is 10.3 Å². The van der Waals surface area contributed by atoms with Crippen LogP contribution in [0.1, 0.15) is 21.6 Å². The molecule has 1 N–H and O–H groups in total. The number of esters is 1. The van der Waals surface area contributed by atoms with Gasteiger partial charge >= 0.3 is 5.97 Å². The molecule has 1 amide bonds. The molecule has 1 aromatic heterocycles. The second-order valence-electron chi connectivity index (χ2n) is 4.99. The van der Waals surface area contributed by atoms with E-state index in [4.69, 9.17) is 27.9 Å². The minimum absolute atomic E-state index is 0.00153. The smallest absolute Gasteiger partial charge is 0.342 e. The number of aryl methyl sites for hydroxylation is 2. The van der Waals surface area contributed by atoms with Crippen molar-refractivity contribution in [2.45, 2.75) is 13.8 Å². The fraction of sp³-hybridized carbons (Fsp3) is 0.188. The fourth-order valence-corrected chi connectivity index (χ4v) is 2.54. The summed E-state index contributed by atoms with van der Waals surface area (Å²) < 4.78 is 18.5. The van der Waals surface area contributed by atoms with E-state index in [0.29, 0.717) is 11.3 Å². The van der Waals surface area contributed by atoms with Crippen LogP contribution in [0.3, 0.4) is 0 Å². The van der Waals surface area contributed by atoms with Crippen molar-refractivity contribution in [1.29, 1.82) is 0 Å². The zero-order valence-corrected chi connectivity index (χ0v) is 14.3. The molecule has 0 aliphatic rings. The van der Waals surface area contributed by atoms with Gasteiger partial charge in [0.05, 0.1) is 11.3 Å². The Balaban J connectivity index is 2.00. The molecule has 0 saturated heterocycles. The summed E-state index contributed by atoms with van der Waals surface area (Å²) >= 11 is 11.6. The molecule has 0 saturated carbocycles. The molecule has 2 rings (SSSR count). The Morgan fingerprint density at radius 1 is 1.25 bits per heavy atom. The van der Waals surface area contributed by atoms with Gasteiger partial charge in [0, 0.05) is 10.7 Å². The maximum absolute atomic E-state index is 13.6. The lowest BCUT2D eigenvalue weighted by Crippen LogP contribution is -2.22. The highest BCUT2D eigenvalue weighted by Gasteiger charge is 2.18. The van der Waals surface area contributed by atoms with Crippen molar-refractivity contribution in [2.75, 3.05) is 11.9 Å². The van der Waals surface area contributed by atoms with Gasteiger partial charge in [-0.2, -0.15) is 0 Å². The molecule has 24 heavy (non-hydrogen) atoms. The molecule has 0 radical (unpaired) electrons. The molecule has 5 nitrogen and oxygen atoms in total. The molecule has 1 heterocycles. The summed E-state index contributed by atoms with van der Waals surface area (Å²) in [5, 5.41) is 2.49. The number of nitrogens with zero attached hydrogens (tertiary/aromatic N) is 1. The van der Waals surface area contributed by atoms with E-state index in [9.17, 15) is 14.0 Å². The molecular formula is C16H13Cl2FN2O3. The van der Waals surface area contributed by atoms with E-state index in [-0.39, 0.29) is 21.4 Å². The fourth-order valence-electron chi connectivity index (χ4n) is 2.02. The summed E-state index contributed by atoms with van der Waals surface area (Å²) in [7, 11) is 0. The molecule has 0 bridgehead atoms. The van der Waals surface area contributed by atoms with Crippen molar-refractivity contribution in [2.24, 2.45) is 0 Å². The number of halogens is 3. The molecule has 0 aliphatic carbocycles. The molecule has 0 unspecified atom stereocenters. The van der Waals surface area contributed by atoms with E-state index in [1.54, 1.807) is 19.9 Å². The molecule has 1 aromatic carbocycles. The van der Waals surface area contributed by atoms with Crippen molar-refractivity contribution >= 4 is 40.8 Å². The first-order valence-corrected chi connectivity index (χ1v) is 7.59. The van der Waals surface area contributed by atoms with E-state index in [0.717, 1.165) is 6.07 Å². The monoisotopic (exact) mass is 370 g/mol. The number of ether oxygens (including phenoxy) is 1. The zero-order chi connectivity index (χ0) is 17.9. The van der Waals surface area contributed by atoms with Crippen molar-refractivity contribution in [3.63, 3.8) is 0 Å². The Labute approximate surface area is 147 Å². The first kappa shape index (κ1) is 18.2. The zero-order valence-electron chi connectivity index (χ0n) is 12.8. The quantitative estimate of drug-likeness (QED) is 0.653. The number of carbonyl (C=O) groups excluding carboxylic acids is 2. The lowest BCUT2D eigenvalue weighted by atomic mass is 10.1. The average Bonchev–Trinajstić information content (AvgIpc) is 2.47. The molecule has 0 aliphatic heterocycles. The Morgan fingerprint density at radius 2 is 1.96 bits per heavy atom.